The lowest BCUT2D eigenvalue weighted by molar-refractivity contribution is -0.121. The van der Waals surface area contributed by atoms with Crippen LogP contribution in [-0.2, 0) is 14.8 Å². The normalized spacial score (nSPS) is 17.8. The first-order chi connectivity index (χ1) is 12.4. The molecule has 3 rings (SSSR count). The number of piperazine rings is 1. The second-order valence-corrected chi connectivity index (χ2v) is 10.1. The highest BCUT2D eigenvalue weighted by Gasteiger charge is 2.32. The standard InChI is InChI=1S/C17H20BrN3O3S2/c1-13(17(22)19-15-6-4-14(18)5-7-15)20-8-10-21(11-9-20)26(23,24)16-3-2-12-25-16/h2-7,12-13H,8-11H2,1H3,(H,19,22). The number of hydrogen-bond acceptors (Lipinski definition) is 5. The zero-order chi connectivity index (χ0) is 18.7. The van der Waals surface area contributed by atoms with Gasteiger partial charge in [0.05, 0.1) is 6.04 Å². The molecule has 1 saturated heterocycles. The van der Waals surface area contributed by atoms with Crippen molar-refractivity contribution in [2.24, 2.45) is 0 Å². The Morgan fingerprint density at radius 2 is 1.81 bits per heavy atom. The summed E-state index contributed by atoms with van der Waals surface area (Å²) in [4.78, 5) is 14.5. The van der Waals surface area contributed by atoms with Gasteiger partial charge in [-0.05, 0) is 42.6 Å². The average molecular weight is 458 g/mol. The van der Waals surface area contributed by atoms with E-state index in [0.29, 0.717) is 30.4 Å². The number of benzene rings is 1. The number of nitrogens with one attached hydrogen (secondary N) is 1. The monoisotopic (exact) mass is 457 g/mol. The van der Waals surface area contributed by atoms with Crippen molar-refractivity contribution in [2.45, 2.75) is 17.2 Å². The highest BCUT2D eigenvalue weighted by atomic mass is 79.9. The summed E-state index contributed by atoms with van der Waals surface area (Å²) in [7, 11) is -3.42. The molecule has 6 nitrogen and oxygen atoms in total. The lowest BCUT2D eigenvalue weighted by atomic mass is 10.2. The van der Waals surface area contributed by atoms with Gasteiger partial charge in [0.1, 0.15) is 4.21 Å². The predicted octanol–water partition coefficient (Wildman–Crippen LogP) is 2.84. The SMILES string of the molecule is CC(C(=O)Nc1ccc(Br)cc1)N1CCN(S(=O)(=O)c2cccs2)CC1. The van der Waals surface area contributed by atoms with E-state index in [1.807, 2.05) is 36.1 Å². The summed E-state index contributed by atoms with van der Waals surface area (Å²) in [5.41, 5.74) is 0.740. The molecular formula is C17H20BrN3O3S2. The minimum absolute atomic E-state index is 0.0955. The number of anilines is 1. The molecule has 1 aromatic heterocycles. The van der Waals surface area contributed by atoms with E-state index in [1.165, 1.54) is 15.6 Å². The lowest BCUT2D eigenvalue weighted by Gasteiger charge is -2.36. The molecule has 0 radical (unpaired) electrons. The summed E-state index contributed by atoms with van der Waals surface area (Å²) in [5.74, 6) is -0.0955. The molecular weight excluding hydrogens is 438 g/mol. The second-order valence-electron chi connectivity index (χ2n) is 6.04. The van der Waals surface area contributed by atoms with E-state index >= 15 is 0 Å². The number of halogens is 1. The molecule has 1 aliphatic heterocycles. The quantitative estimate of drug-likeness (QED) is 0.748. The number of nitrogens with zero attached hydrogens (tertiary/aromatic N) is 2. The number of rotatable bonds is 5. The molecule has 2 heterocycles. The van der Waals surface area contributed by atoms with Crippen LogP contribution in [0.3, 0.4) is 0 Å². The summed E-state index contributed by atoms with van der Waals surface area (Å²) in [6.45, 7) is 3.67. The fourth-order valence-electron chi connectivity index (χ4n) is 2.81. The highest BCUT2D eigenvalue weighted by Crippen LogP contribution is 2.22. The molecule has 1 fully saturated rings. The maximum Gasteiger partial charge on any atom is 0.252 e. The molecule has 0 bridgehead atoms. The minimum Gasteiger partial charge on any atom is -0.325 e. The van der Waals surface area contributed by atoms with Gasteiger partial charge in [-0.1, -0.05) is 22.0 Å². The molecule has 1 aliphatic rings. The van der Waals surface area contributed by atoms with Crippen LogP contribution in [0.15, 0.2) is 50.5 Å². The van der Waals surface area contributed by atoms with Crippen LogP contribution in [0.25, 0.3) is 0 Å². The summed E-state index contributed by atoms with van der Waals surface area (Å²) in [6.07, 6.45) is 0. The Hall–Kier alpha value is -1.26. The van der Waals surface area contributed by atoms with Crippen LogP contribution in [0, 0.1) is 0 Å². The number of carbonyl (C=O) groups is 1. The molecule has 1 atom stereocenters. The van der Waals surface area contributed by atoms with Gasteiger partial charge in [0.15, 0.2) is 0 Å². The van der Waals surface area contributed by atoms with Gasteiger partial charge in [-0.15, -0.1) is 11.3 Å². The van der Waals surface area contributed by atoms with Gasteiger partial charge in [-0.2, -0.15) is 4.31 Å². The Balaban J connectivity index is 1.57. The topological polar surface area (TPSA) is 69.7 Å². The maximum atomic E-state index is 12.6. The lowest BCUT2D eigenvalue weighted by Crippen LogP contribution is -2.53. The Bertz CT molecular complexity index is 846. The van der Waals surface area contributed by atoms with Crippen LogP contribution in [0.4, 0.5) is 5.69 Å². The first-order valence-corrected chi connectivity index (χ1v) is 11.3. The number of thiophene rings is 1. The Morgan fingerprint density at radius 1 is 1.15 bits per heavy atom. The van der Waals surface area contributed by atoms with Crippen molar-refractivity contribution in [1.82, 2.24) is 9.21 Å². The van der Waals surface area contributed by atoms with Crippen LogP contribution in [0.5, 0.6) is 0 Å². The summed E-state index contributed by atoms with van der Waals surface area (Å²) < 4.78 is 27.9. The van der Waals surface area contributed by atoms with Crippen molar-refractivity contribution in [3.63, 3.8) is 0 Å². The molecule has 1 unspecified atom stereocenters. The van der Waals surface area contributed by atoms with Crippen LogP contribution >= 0.6 is 27.3 Å². The molecule has 0 saturated carbocycles. The van der Waals surface area contributed by atoms with E-state index in [-0.39, 0.29) is 11.9 Å². The third kappa shape index (κ3) is 4.34. The molecule has 1 aromatic carbocycles. The van der Waals surface area contributed by atoms with Crippen LogP contribution in [0.1, 0.15) is 6.92 Å². The van der Waals surface area contributed by atoms with Crippen LogP contribution in [-0.4, -0.2) is 55.8 Å². The molecule has 2 aromatic rings. The van der Waals surface area contributed by atoms with Crippen LogP contribution in [0.2, 0.25) is 0 Å². The molecule has 9 heteroatoms. The van der Waals surface area contributed by atoms with Gasteiger partial charge in [0.2, 0.25) is 5.91 Å². The fraction of sp³-hybridized carbons (Fsp3) is 0.353. The number of hydrogen-bond donors (Lipinski definition) is 1. The number of sulfonamides is 1. The smallest absolute Gasteiger partial charge is 0.252 e. The van der Waals surface area contributed by atoms with Crippen molar-refractivity contribution in [2.75, 3.05) is 31.5 Å². The van der Waals surface area contributed by atoms with Crippen molar-refractivity contribution in [1.29, 1.82) is 0 Å². The van der Waals surface area contributed by atoms with E-state index < -0.39 is 10.0 Å². The Labute approximate surface area is 166 Å². The van der Waals surface area contributed by atoms with E-state index in [2.05, 4.69) is 21.2 Å². The van der Waals surface area contributed by atoms with Gasteiger partial charge < -0.3 is 5.32 Å². The van der Waals surface area contributed by atoms with Gasteiger partial charge in [0, 0.05) is 36.3 Å². The maximum absolute atomic E-state index is 12.6. The Kier molecular flexibility index (Phi) is 6.13. The van der Waals surface area contributed by atoms with E-state index in [9.17, 15) is 13.2 Å². The minimum atomic E-state index is -3.42. The third-order valence-electron chi connectivity index (χ3n) is 4.40. The zero-order valence-corrected chi connectivity index (χ0v) is 17.5. The second kappa shape index (κ2) is 8.18. The molecule has 26 heavy (non-hydrogen) atoms. The fourth-order valence-corrected chi connectivity index (χ4v) is 5.65. The first kappa shape index (κ1) is 19.5. The van der Waals surface area contributed by atoms with E-state index in [1.54, 1.807) is 17.5 Å². The largest absolute Gasteiger partial charge is 0.325 e. The number of carbonyl (C=O) groups excluding carboxylic acids is 1. The predicted molar refractivity (Wildman–Crippen MR) is 107 cm³/mol. The van der Waals surface area contributed by atoms with E-state index in [0.717, 1.165) is 10.2 Å². The van der Waals surface area contributed by atoms with Crippen molar-refractivity contribution >= 4 is 48.9 Å². The van der Waals surface area contributed by atoms with Crippen molar-refractivity contribution in [3.8, 4) is 0 Å². The van der Waals surface area contributed by atoms with Gasteiger partial charge >= 0.3 is 0 Å². The van der Waals surface area contributed by atoms with Gasteiger partial charge in [0.25, 0.3) is 10.0 Å². The van der Waals surface area contributed by atoms with E-state index in [4.69, 9.17) is 0 Å². The average Bonchev–Trinajstić information content (AvgIpc) is 3.18. The molecule has 1 amide bonds. The summed E-state index contributed by atoms with van der Waals surface area (Å²) in [5, 5.41) is 4.66. The van der Waals surface area contributed by atoms with Crippen LogP contribution < -0.4 is 5.32 Å². The summed E-state index contributed by atoms with van der Waals surface area (Å²) >= 11 is 4.59. The highest BCUT2D eigenvalue weighted by molar-refractivity contribution is 9.10. The number of amides is 1. The van der Waals surface area contributed by atoms with Gasteiger partial charge in [-0.25, -0.2) is 8.42 Å². The molecule has 0 spiro atoms. The third-order valence-corrected chi connectivity index (χ3v) is 8.20. The molecule has 140 valence electrons. The first-order valence-electron chi connectivity index (χ1n) is 8.22. The van der Waals surface area contributed by atoms with Gasteiger partial charge in [-0.3, -0.25) is 9.69 Å². The zero-order valence-electron chi connectivity index (χ0n) is 14.3. The molecule has 1 N–H and O–H groups in total. The van der Waals surface area contributed by atoms with Crippen molar-refractivity contribution < 1.29 is 13.2 Å². The Morgan fingerprint density at radius 3 is 2.38 bits per heavy atom. The van der Waals surface area contributed by atoms with Crippen molar-refractivity contribution in [3.05, 3.63) is 46.3 Å². The molecule has 0 aliphatic carbocycles. The summed E-state index contributed by atoms with van der Waals surface area (Å²) in [6, 6.07) is 10.4.